The van der Waals surface area contributed by atoms with Crippen molar-refractivity contribution in [1.29, 1.82) is 0 Å². The average Bonchev–Trinajstić information content (AvgIpc) is 3.62. The van der Waals surface area contributed by atoms with Crippen LogP contribution in [0.5, 0.6) is 11.6 Å². The number of amidine groups is 1. The molecule has 9 heteroatoms. The van der Waals surface area contributed by atoms with E-state index in [2.05, 4.69) is 74.8 Å². The summed E-state index contributed by atoms with van der Waals surface area (Å²) < 4.78 is 6.26. The van der Waals surface area contributed by atoms with Crippen molar-refractivity contribution in [3.8, 4) is 11.6 Å². The summed E-state index contributed by atoms with van der Waals surface area (Å²) in [5.74, 6) is 3.06. The van der Waals surface area contributed by atoms with Crippen LogP contribution >= 0.6 is 22.9 Å². The monoisotopic (exact) mass is 518 g/mol. The van der Waals surface area contributed by atoms with Gasteiger partial charge >= 0.3 is 0 Å². The Hall–Kier alpha value is -3.20. The summed E-state index contributed by atoms with van der Waals surface area (Å²) >= 11 is 8.46. The van der Waals surface area contributed by atoms with Crippen LogP contribution in [0.25, 0.3) is 11.6 Å². The van der Waals surface area contributed by atoms with Gasteiger partial charge < -0.3 is 19.9 Å². The minimum Gasteiger partial charge on any atom is -0.437 e. The molecule has 0 spiro atoms. The van der Waals surface area contributed by atoms with Crippen molar-refractivity contribution in [2.75, 3.05) is 50.0 Å². The lowest BCUT2D eigenvalue weighted by Crippen LogP contribution is -2.44. The fraction of sp³-hybridized carbons (Fsp3) is 0.296. The number of ether oxygens (including phenoxy) is 1. The van der Waals surface area contributed by atoms with Crippen LogP contribution in [0.1, 0.15) is 22.9 Å². The highest BCUT2D eigenvalue weighted by Crippen LogP contribution is 2.39. The summed E-state index contributed by atoms with van der Waals surface area (Å²) in [5.41, 5.74) is 4.74. The van der Waals surface area contributed by atoms with Crippen molar-refractivity contribution >= 4 is 52.2 Å². The number of allylic oxidation sites excluding steroid dienone is 1. The Morgan fingerprint density at radius 1 is 1.08 bits per heavy atom. The zero-order valence-corrected chi connectivity index (χ0v) is 21.9. The van der Waals surface area contributed by atoms with Crippen molar-refractivity contribution in [3.63, 3.8) is 0 Å². The molecule has 2 aromatic heterocycles. The van der Waals surface area contributed by atoms with E-state index < -0.39 is 0 Å². The van der Waals surface area contributed by atoms with E-state index in [9.17, 15) is 0 Å². The fourth-order valence-corrected chi connectivity index (χ4v) is 5.67. The van der Waals surface area contributed by atoms with Crippen molar-refractivity contribution in [2.24, 2.45) is 4.99 Å². The maximum Gasteiger partial charge on any atom is 0.233 e. The zero-order valence-electron chi connectivity index (χ0n) is 20.3. The molecule has 0 atom stereocenters. The minimum absolute atomic E-state index is 0.447. The van der Waals surface area contributed by atoms with Crippen LogP contribution < -0.4 is 15.0 Å². The number of rotatable bonds is 5. The number of fused-ring (bicyclic) bond motifs is 1. The third-order valence-corrected chi connectivity index (χ3v) is 7.97. The number of hydrogen-bond donors (Lipinski definition) is 1. The SMILES string of the molecule is CC1=Cc2c(ccc(Oc3cc(N4CCN(C)CC4)nc(NC4=NCC(c5cccs5)=C4)n3)c2Cl)C1. The molecular weight excluding hydrogens is 492 g/mol. The number of piperazine rings is 1. The van der Waals surface area contributed by atoms with Crippen molar-refractivity contribution < 1.29 is 4.74 Å². The Kier molecular flexibility index (Phi) is 6.25. The normalized spacial score (nSPS) is 17.5. The number of anilines is 2. The van der Waals surface area contributed by atoms with Crippen LogP contribution in [0, 0.1) is 0 Å². The van der Waals surface area contributed by atoms with E-state index in [1.807, 2.05) is 12.1 Å². The predicted octanol–water partition coefficient (Wildman–Crippen LogP) is 5.60. The molecule has 1 aliphatic carbocycles. The first-order valence-electron chi connectivity index (χ1n) is 12.1. The van der Waals surface area contributed by atoms with E-state index in [1.54, 1.807) is 11.3 Å². The second-order valence-corrected chi connectivity index (χ2v) is 10.7. The van der Waals surface area contributed by atoms with Crippen molar-refractivity contribution in [1.82, 2.24) is 14.9 Å². The smallest absolute Gasteiger partial charge is 0.233 e. The molecule has 1 N–H and O–H groups in total. The van der Waals surface area contributed by atoms with Gasteiger partial charge in [0.1, 0.15) is 17.4 Å². The van der Waals surface area contributed by atoms with Gasteiger partial charge in [-0.1, -0.05) is 35.4 Å². The lowest BCUT2D eigenvalue weighted by atomic mass is 10.1. The molecule has 0 bridgehead atoms. The number of aliphatic imine (C=N–C) groups is 1. The molecule has 3 aliphatic rings. The molecule has 3 aromatic rings. The second kappa shape index (κ2) is 9.69. The van der Waals surface area contributed by atoms with Gasteiger partial charge in [-0.05, 0) is 55.1 Å². The Morgan fingerprint density at radius 3 is 2.75 bits per heavy atom. The summed E-state index contributed by atoms with van der Waals surface area (Å²) in [6, 6.07) is 10.1. The number of hydrogen-bond acceptors (Lipinski definition) is 8. The van der Waals surface area contributed by atoms with E-state index in [0.29, 0.717) is 29.1 Å². The van der Waals surface area contributed by atoms with E-state index in [1.165, 1.54) is 21.6 Å². The van der Waals surface area contributed by atoms with Crippen LogP contribution in [0.4, 0.5) is 11.8 Å². The maximum absolute atomic E-state index is 6.75. The molecule has 184 valence electrons. The molecule has 0 unspecified atom stereocenters. The van der Waals surface area contributed by atoms with Gasteiger partial charge in [0.25, 0.3) is 0 Å². The molecule has 0 amide bonds. The van der Waals surface area contributed by atoms with Crippen molar-refractivity contribution in [2.45, 2.75) is 13.3 Å². The van der Waals surface area contributed by atoms with E-state index in [-0.39, 0.29) is 0 Å². The highest BCUT2D eigenvalue weighted by atomic mass is 35.5. The number of benzene rings is 1. The minimum atomic E-state index is 0.447. The van der Waals surface area contributed by atoms with E-state index >= 15 is 0 Å². The lowest BCUT2D eigenvalue weighted by Gasteiger charge is -2.33. The third kappa shape index (κ3) is 4.76. The summed E-state index contributed by atoms with van der Waals surface area (Å²) in [4.78, 5) is 19.9. The molecule has 0 saturated carbocycles. The topological polar surface area (TPSA) is 65.9 Å². The Bertz CT molecular complexity index is 1390. The molecule has 1 fully saturated rings. The number of thiophene rings is 1. The van der Waals surface area contributed by atoms with Gasteiger partial charge in [-0.2, -0.15) is 9.97 Å². The number of nitrogens with zero attached hydrogens (tertiary/aromatic N) is 5. The molecule has 1 aromatic carbocycles. The largest absolute Gasteiger partial charge is 0.437 e. The Labute approximate surface area is 219 Å². The highest BCUT2D eigenvalue weighted by Gasteiger charge is 2.21. The second-order valence-electron chi connectivity index (χ2n) is 9.37. The summed E-state index contributed by atoms with van der Waals surface area (Å²) in [6.45, 7) is 6.49. The van der Waals surface area contributed by atoms with Crippen LogP contribution in [-0.4, -0.2) is 60.5 Å². The first kappa shape index (κ1) is 23.2. The van der Waals surface area contributed by atoms with Crippen LogP contribution in [0.3, 0.4) is 0 Å². The Balaban J connectivity index is 1.30. The number of nitrogens with one attached hydrogen (secondary N) is 1. The van der Waals surface area contributed by atoms with Crippen LogP contribution in [0.2, 0.25) is 5.02 Å². The zero-order chi connectivity index (χ0) is 24.6. The maximum atomic E-state index is 6.75. The lowest BCUT2D eigenvalue weighted by molar-refractivity contribution is 0.312. The summed E-state index contributed by atoms with van der Waals surface area (Å²) in [6.07, 6.45) is 5.11. The third-order valence-electron chi connectivity index (χ3n) is 6.63. The van der Waals surface area contributed by atoms with Gasteiger partial charge in [0.05, 0.1) is 11.6 Å². The highest BCUT2D eigenvalue weighted by molar-refractivity contribution is 7.11. The average molecular weight is 519 g/mol. The molecule has 2 aliphatic heterocycles. The van der Waals surface area contributed by atoms with Crippen LogP contribution in [-0.2, 0) is 6.42 Å². The van der Waals surface area contributed by atoms with Gasteiger partial charge in [0.2, 0.25) is 11.8 Å². The number of halogens is 1. The standard InChI is InChI=1S/C27H27ClN6OS/c1-17-12-18-5-6-21(26(28)20(18)13-17)35-25-15-24(34-9-7-33(2)8-10-34)31-27(32-25)30-23-14-19(16-29-23)22-4-3-11-36-22/h3-6,11,13-15H,7-10,12,16H2,1-2H3,(H,29,30,31,32). The summed E-state index contributed by atoms with van der Waals surface area (Å²) in [5, 5.41) is 6.00. The van der Waals surface area contributed by atoms with Gasteiger partial charge in [0, 0.05) is 42.7 Å². The molecule has 1 saturated heterocycles. The molecule has 36 heavy (non-hydrogen) atoms. The molecule has 6 rings (SSSR count). The molecule has 4 heterocycles. The number of aromatic nitrogens is 2. The van der Waals surface area contributed by atoms with E-state index in [4.69, 9.17) is 21.3 Å². The van der Waals surface area contributed by atoms with Gasteiger partial charge in [0.15, 0.2) is 0 Å². The Morgan fingerprint density at radius 2 is 1.94 bits per heavy atom. The predicted molar refractivity (Wildman–Crippen MR) is 149 cm³/mol. The number of likely N-dealkylation sites (N-methyl/N-ethyl adjacent to an activating group) is 1. The van der Waals surface area contributed by atoms with Gasteiger partial charge in [-0.3, -0.25) is 4.99 Å². The molecular formula is C27H27ClN6OS. The summed E-state index contributed by atoms with van der Waals surface area (Å²) in [7, 11) is 2.14. The molecule has 7 nitrogen and oxygen atoms in total. The van der Waals surface area contributed by atoms with Crippen molar-refractivity contribution in [3.05, 3.63) is 68.4 Å². The first-order valence-corrected chi connectivity index (χ1v) is 13.3. The van der Waals surface area contributed by atoms with Gasteiger partial charge in [-0.25, -0.2) is 0 Å². The van der Waals surface area contributed by atoms with E-state index in [0.717, 1.165) is 49.8 Å². The first-order chi connectivity index (χ1) is 17.5. The van der Waals surface area contributed by atoms with Crippen LogP contribution in [0.15, 0.2) is 52.4 Å². The fourth-order valence-electron chi connectivity index (χ4n) is 4.66. The van der Waals surface area contributed by atoms with Gasteiger partial charge in [-0.15, -0.1) is 11.3 Å². The quantitative estimate of drug-likeness (QED) is 0.474. The molecule has 0 radical (unpaired) electrons.